The lowest BCUT2D eigenvalue weighted by Gasteiger charge is -2.26. The molecule has 0 aromatic heterocycles. The highest BCUT2D eigenvalue weighted by Crippen LogP contribution is 2.36. The van der Waals surface area contributed by atoms with Gasteiger partial charge in [-0.2, -0.15) is 0 Å². The van der Waals surface area contributed by atoms with E-state index in [0.717, 1.165) is 22.7 Å². The van der Waals surface area contributed by atoms with Crippen LogP contribution in [0.1, 0.15) is 16.7 Å². The van der Waals surface area contributed by atoms with Gasteiger partial charge >= 0.3 is 0 Å². The van der Waals surface area contributed by atoms with Gasteiger partial charge in [-0.3, -0.25) is 0 Å². The molecular weight excluding hydrogens is 352 g/mol. The van der Waals surface area contributed by atoms with Gasteiger partial charge in [-0.05, 0) is 92.6 Å². The van der Waals surface area contributed by atoms with Crippen LogP contribution in [0.5, 0.6) is 0 Å². The zero-order chi connectivity index (χ0) is 20.2. The molecule has 0 aliphatic rings. The fraction of sp³-hybridized carbons (Fsp3) is 0.111. The molecule has 1 N–H and O–H groups in total. The van der Waals surface area contributed by atoms with E-state index in [1.54, 1.807) is 0 Å². The first kappa shape index (κ1) is 18.8. The summed E-state index contributed by atoms with van der Waals surface area (Å²) >= 11 is 0. The second kappa shape index (κ2) is 8.24. The Kier molecular flexibility index (Phi) is 5.35. The Morgan fingerprint density at radius 3 is 1.69 bits per heavy atom. The molecule has 0 fully saturated rings. The van der Waals surface area contributed by atoms with Gasteiger partial charge in [0.1, 0.15) is 0 Å². The molecule has 2 nitrogen and oxygen atoms in total. The van der Waals surface area contributed by atoms with E-state index in [4.69, 9.17) is 0 Å². The quantitative estimate of drug-likeness (QED) is 0.381. The zero-order valence-electron chi connectivity index (χ0n) is 17.2. The summed E-state index contributed by atoms with van der Waals surface area (Å²) in [6.45, 7) is 6.44. The SMILES string of the molecule is Cc1ccc(N(c2ccc(Nc3ccccc3)cc2)c2ccc(C)c(C)c2)cc1. The molecule has 2 heteroatoms. The molecule has 4 aromatic rings. The molecule has 0 radical (unpaired) electrons. The fourth-order valence-electron chi connectivity index (χ4n) is 3.39. The summed E-state index contributed by atoms with van der Waals surface area (Å²) in [4.78, 5) is 2.30. The minimum absolute atomic E-state index is 1.07. The van der Waals surface area contributed by atoms with E-state index in [-0.39, 0.29) is 0 Å². The van der Waals surface area contributed by atoms with Gasteiger partial charge in [0.05, 0.1) is 0 Å². The molecule has 4 rings (SSSR count). The molecule has 0 amide bonds. The second-order valence-electron chi connectivity index (χ2n) is 7.48. The molecule has 0 saturated carbocycles. The standard InChI is InChI=1S/C27H26N2/c1-20-9-14-25(15-10-20)29(27-16-11-21(2)22(3)19-27)26-17-12-24(13-18-26)28-23-7-5-4-6-8-23/h4-19,28H,1-3H3. The topological polar surface area (TPSA) is 15.3 Å². The third-order valence-electron chi connectivity index (χ3n) is 5.23. The van der Waals surface area contributed by atoms with E-state index in [1.165, 1.54) is 22.4 Å². The molecule has 0 atom stereocenters. The Morgan fingerprint density at radius 1 is 0.517 bits per heavy atom. The molecule has 144 valence electrons. The van der Waals surface area contributed by atoms with Gasteiger partial charge in [0.25, 0.3) is 0 Å². The Labute approximate surface area is 173 Å². The van der Waals surface area contributed by atoms with Crippen molar-refractivity contribution < 1.29 is 0 Å². The van der Waals surface area contributed by atoms with Crippen LogP contribution in [0.3, 0.4) is 0 Å². The van der Waals surface area contributed by atoms with E-state index in [2.05, 4.69) is 110 Å². The third-order valence-corrected chi connectivity index (χ3v) is 5.23. The average molecular weight is 379 g/mol. The number of nitrogens with one attached hydrogen (secondary N) is 1. The van der Waals surface area contributed by atoms with Crippen LogP contribution in [0.15, 0.2) is 97.1 Å². The number of anilines is 5. The average Bonchev–Trinajstić information content (AvgIpc) is 2.74. The van der Waals surface area contributed by atoms with Crippen LogP contribution in [0, 0.1) is 20.8 Å². The Balaban J connectivity index is 1.70. The van der Waals surface area contributed by atoms with Crippen LogP contribution in [0.2, 0.25) is 0 Å². The third kappa shape index (κ3) is 4.33. The molecule has 0 spiro atoms. The van der Waals surface area contributed by atoms with E-state index < -0.39 is 0 Å². The molecule has 0 aliphatic carbocycles. The van der Waals surface area contributed by atoms with E-state index in [9.17, 15) is 0 Å². The first-order valence-corrected chi connectivity index (χ1v) is 9.96. The molecule has 0 saturated heterocycles. The van der Waals surface area contributed by atoms with Crippen molar-refractivity contribution in [2.45, 2.75) is 20.8 Å². The van der Waals surface area contributed by atoms with Crippen LogP contribution in [-0.2, 0) is 0 Å². The number of aryl methyl sites for hydroxylation is 3. The van der Waals surface area contributed by atoms with Crippen LogP contribution >= 0.6 is 0 Å². The lowest BCUT2D eigenvalue weighted by molar-refractivity contribution is 1.24. The summed E-state index contributed by atoms with van der Waals surface area (Å²) in [5, 5.41) is 3.46. The van der Waals surface area contributed by atoms with Crippen molar-refractivity contribution in [2.24, 2.45) is 0 Å². The van der Waals surface area contributed by atoms with Gasteiger partial charge < -0.3 is 10.2 Å². The summed E-state index contributed by atoms with van der Waals surface area (Å²) in [7, 11) is 0. The molecule has 4 aromatic carbocycles. The van der Waals surface area contributed by atoms with Gasteiger partial charge in [-0.25, -0.2) is 0 Å². The lowest BCUT2D eigenvalue weighted by Crippen LogP contribution is -2.10. The first-order valence-electron chi connectivity index (χ1n) is 9.96. The van der Waals surface area contributed by atoms with Crippen molar-refractivity contribution in [1.29, 1.82) is 0 Å². The number of para-hydroxylation sites is 1. The molecule has 0 aliphatic heterocycles. The lowest BCUT2D eigenvalue weighted by atomic mass is 10.1. The Morgan fingerprint density at radius 2 is 1.07 bits per heavy atom. The summed E-state index contributed by atoms with van der Waals surface area (Å²) in [6.07, 6.45) is 0. The summed E-state index contributed by atoms with van der Waals surface area (Å²) in [5.74, 6) is 0. The monoisotopic (exact) mass is 378 g/mol. The van der Waals surface area contributed by atoms with Gasteiger partial charge in [-0.1, -0.05) is 42.0 Å². The van der Waals surface area contributed by atoms with Crippen molar-refractivity contribution in [2.75, 3.05) is 10.2 Å². The van der Waals surface area contributed by atoms with Crippen LogP contribution < -0.4 is 10.2 Å². The van der Waals surface area contributed by atoms with Gasteiger partial charge in [-0.15, -0.1) is 0 Å². The van der Waals surface area contributed by atoms with Crippen molar-refractivity contribution in [1.82, 2.24) is 0 Å². The molecule has 0 heterocycles. The smallest absolute Gasteiger partial charge is 0.0464 e. The Hall–Kier alpha value is -3.52. The normalized spacial score (nSPS) is 10.6. The maximum absolute atomic E-state index is 3.46. The predicted octanol–water partition coefficient (Wildman–Crippen LogP) is 7.83. The summed E-state index contributed by atoms with van der Waals surface area (Å²) in [6, 6.07) is 34.2. The van der Waals surface area contributed by atoms with E-state index in [0.29, 0.717) is 0 Å². The van der Waals surface area contributed by atoms with Gasteiger partial charge in [0, 0.05) is 28.4 Å². The van der Waals surface area contributed by atoms with Gasteiger partial charge in [0.2, 0.25) is 0 Å². The maximum atomic E-state index is 3.46. The van der Waals surface area contributed by atoms with Crippen LogP contribution in [0.25, 0.3) is 0 Å². The molecular formula is C27H26N2. The molecule has 29 heavy (non-hydrogen) atoms. The first-order chi connectivity index (χ1) is 14.1. The molecule has 0 bridgehead atoms. The number of rotatable bonds is 5. The zero-order valence-corrected chi connectivity index (χ0v) is 17.2. The second-order valence-corrected chi connectivity index (χ2v) is 7.48. The highest BCUT2D eigenvalue weighted by Gasteiger charge is 2.13. The van der Waals surface area contributed by atoms with Crippen LogP contribution in [-0.4, -0.2) is 0 Å². The summed E-state index contributed by atoms with van der Waals surface area (Å²) < 4.78 is 0. The summed E-state index contributed by atoms with van der Waals surface area (Å²) in [5.41, 5.74) is 9.48. The number of nitrogens with zero attached hydrogens (tertiary/aromatic N) is 1. The highest BCUT2D eigenvalue weighted by molar-refractivity contribution is 5.78. The largest absolute Gasteiger partial charge is 0.356 e. The number of benzene rings is 4. The highest BCUT2D eigenvalue weighted by atomic mass is 15.1. The van der Waals surface area contributed by atoms with Crippen molar-refractivity contribution in [3.63, 3.8) is 0 Å². The fourth-order valence-corrected chi connectivity index (χ4v) is 3.39. The number of hydrogen-bond acceptors (Lipinski definition) is 2. The minimum atomic E-state index is 1.07. The minimum Gasteiger partial charge on any atom is -0.356 e. The Bertz CT molecular complexity index is 1080. The van der Waals surface area contributed by atoms with E-state index >= 15 is 0 Å². The number of hydrogen-bond donors (Lipinski definition) is 1. The van der Waals surface area contributed by atoms with Gasteiger partial charge in [0.15, 0.2) is 0 Å². The van der Waals surface area contributed by atoms with Crippen molar-refractivity contribution in [3.05, 3.63) is 114 Å². The van der Waals surface area contributed by atoms with Crippen molar-refractivity contribution in [3.8, 4) is 0 Å². The van der Waals surface area contributed by atoms with E-state index in [1.807, 2.05) is 18.2 Å². The predicted molar refractivity (Wildman–Crippen MR) is 125 cm³/mol. The molecule has 0 unspecified atom stereocenters. The van der Waals surface area contributed by atoms with Crippen molar-refractivity contribution >= 4 is 28.4 Å². The van der Waals surface area contributed by atoms with Crippen LogP contribution in [0.4, 0.5) is 28.4 Å². The maximum Gasteiger partial charge on any atom is 0.0464 e.